The number of ether oxygens (including phenoxy) is 1. The molecule has 2 heterocycles. The second-order valence-corrected chi connectivity index (χ2v) is 4.54. The van der Waals surface area contributed by atoms with E-state index in [1.165, 1.54) is 0 Å². The average molecular weight is 323 g/mol. The summed E-state index contributed by atoms with van der Waals surface area (Å²) in [6, 6.07) is 1.82. The smallest absolute Gasteiger partial charge is 0.227 e. The Morgan fingerprint density at radius 2 is 1.71 bits per heavy atom. The molecule has 0 radical (unpaired) electrons. The van der Waals surface area contributed by atoms with Crippen molar-refractivity contribution in [2.45, 2.75) is 0 Å². The maximum Gasteiger partial charge on any atom is 0.227 e. The van der Waals surface area contributed by atoms with E-state index in [0.717, 1.165) is 41.5 Å². The van der Waals surface area contributed by atoms with E-state index in [4.69, 9.17) is 4.74 Å². The van der Waals surface area contributed by atoms with E-state index < -0.39 is 0 Å². The Kier molecular flexibility index (Phi) is 3.35. The molecule has 0 N–H and O–H groups in total. The Bertz CT molecular complexity index is 308. The van der Waals surface area contributed by atoms with Crippen molar-refractivity contribution in [2.24, 2.45) is 0 Å². The fourth-order valence-electron chi connectivity index (χ4n) is 1.28. The quantitative estimate of drug-likeness (QED) is 0.739. The maximum atomic E-state index is 5.26. The largest absolute Gasteiger partial charge is 0.378 e. The van der Waals surface area contributed by atoms with Crippen LogP contribution in [0.1, 0.15) is 0 Å². The molecule has 1 saturated heterocycles. The van der Waals surface area contributed by atoms with Crippen LogP contribution >= 0.6 is 31.9 Å². The number of aromatic nitrogens is 2. The Morgan fingerprint density at radius 1 is 1.14 bits per heavy atom. The molecule has 0 saturated carbocycles. The summed E-state index contributed by atoms with van der Waals surface area (Å²) in [5, 5.41) is 0. The van der Waals surface area contributed by atoms with E-state index >= 15 is 0 Å². The predicted octanol–water partition coefficient (Wildman–Crippen LogP) is 1.84. The zero-order valence-corrected chi connectivity index (χ0v) is 10.6. The number of rotatable bonds is 1. The van der Waals surface area contributed by atoms with E-state index in [0.29, 0.717) is 0 Å². The van der Waals surface area contributed by atoms with Crippen LogP contribution in [0.2, 0.25) is 0 Å². The standard InChI is InChI=1S/C8H9Br2N3O/c9-6-5-7(10)12-8(11-6)13-1-3-14-4-2-13/h5H,1-4H2. The maximum absolute atomic E-state index is 5.26. The highest BCUT2D eigenvalue weighted by atomic mass is 79.9. The summed E-state index contributed by atoms with van der Waals surface area (Å²) in [7, 11) is 0. The number of morpholine rings is 1. The van der Waals surface area contributed by atoms with Gasteiger partial charge in [-0.2, -0.15) is 0 Å². The van der Waals surface area contributed by atoms with Crippen molar-refractivity contribution in [2.75, 3.05) is 31.2 Å². The van der Waals surface area contributed by atoms with Crippen molar-refractivity contribution in [3.63, 3.8) is 0 Å². The lowest BCUT2D eigenvalue weighted by Crippen LogP contribution is -2.37. The topological polar surface area (TPSA) is 38.2 Å². The van der Waals surface area contributed by atoms with Gasteiger partial charge in [0.25, 0.3) is 0 Å². The van der Waals surface area contributed by atoms with Gasteiger partial charge in [-0.3, -0.25) is 0 Å². The number of hydrogen-bond acceptors (Lipinski definition) is 4. The molecule has 0 amide bonds. The lowest BCUT2D eigenvalue weighted by atomic mass is 10.4. The van der Waals surface area contributed by atoms with Crippen molar-refractivity contribution in [3.05, 3.63) is 15.3 Å². The van der Waals surface area contributed by atoms with Crippen LogP contribution in [0.25, 0.3) is 0 Å². The highest BCUT2D eigenvalue weighted by Crippen LogP contribution is 2.18. The molecule has 0 aromatic carbocycles. The number of anilines is 1. The zero-order chi connectivity index (χ0) is 9.97. The SMILES string of the molecule is Brc1cc(Br)nc(N2CCOCC2)n1. The Morgan fingerprint density at radius 3 is 2.29 bits per heavy atom. The third kappa shape index (κ3) is 2.43. The molecule has 1 aliphatic rings. The second-order valence-electron chi connectivity index (χ2n) is 2.91. The first-order valence-electron chi connectivity index (χ1n) is 4.28. The molecule has 14 heavy (non-hydrogen) atoms. The van der Waals surface area contributed by atoms with E-state index in [1.807, 2.05) is 6.07 Å². The summed E-state index contributed by atoms with van der Waals surface area (Å²) in [4.78, 5) is 10.7. The Balaban J connectivity index is 2.21. The summed E-state index contributed by atoms with van der Waals surface area (Å²) < 4.78 is 6.85. The molecule has 1 aromatic heterocycles. The third-order valence-corrected chi connectivity index (χ3v) is 2.76. The van der Waals surface area contributed by atoms with Gasteiger partial charge in [-0.1, -0.05) is 0 Å². The number of nitrogens with zero attached hydrogens (tertiary/aromatic N) is 3. The van der Waals surface area contributed by atoms with Gasteiger partial charge in [0.15, 0.2) is 0 Å². The minimum absolute atomic E-state index is 0.744. The molecule has 76 valence electrons. The van der Waals surface area contributed by atoms with Gasteiger partial charge in [0.2, 0.25) is 5.95 Å². The van der Waals surface area contributed by atoms with Gasteiger partial charge in [-0.15, -0.1) is 0 Å². The molecule has 2 rings (SSSR count). The fraction of sp³-hybridized carbons (Fsp3) is 0.500. The molecule has 0 atom stereocenters. The summed E-state index contributed by atoms with van der Waals surface area (Å²) in [5.41, 5.74) is 0. The van der Waals surface area contributed by atoms with Crippen LogP contribution in [-0.2, 0) is 4.74 Å². The first kappa shape index (κ1) is 10.3. The summed E-state index contributed by atoms with van der Waals surface area (Å²) in [5.74, 6) is 0.745. The van der Waals surface area contributed by atoms with E-state index in [1.54, 1.807) is 0 Å². The Hall–Kier alpha value is -0.200. The molecule has 1 fully saturated rings. The third-order valence-electron chi connectivity index (χ3n) is 1.95. The van der Waals surface area contributed by atoms with Gasteiger partial charge in [0.05, 0.1) is 13.2 Å². The van der Waals surface area contributed by atoms with Gasteiger partial charge in [0, 0.05) is 19.2 Å². The lowest BCUT2D eigenvalue weighted by molar-refractivity contribution is 0.122. The monoisotopic (exact) mass is 321 g/mol. The first-order valence-corrected chi connectivity index (χ1v) is 5.87. The molecular formula is C8H9Br2N3O. The molecule has 1 aromatic rings. The minimum Gasteiger partial charge on any atom is -0.378 e. The molecular weight excluding hydrogens is 314 g/mol. The van der Waals surface area contributed by atoms with Crippen molar-refractivity contribution >= 4 is 37.8 Å². The van der Waals surface area contributed by atoms with Gasteiger partial charge < -0.3 is 9.64 Å². The van der Waals surface area contributed by atoms with Crippen molar-refractivity contribution in [1.82, 2.24) is 9.97 Å². The molecule has 4 nitrogen and oxygen atoms in total. The van der Waals surface area contributed by atoms with Crippen LogP contribution in [0.4, 0.5) is 5.95 Å². The summed E-state index contributed by atoms with van der Waals surface area (Å²) in [6.45, 7) is 3.19. The first-order chi connectivity index (χ1) is 6.75. The van der Waals surface area contributed by atoms with E-state index in [9.17, 15) is 0 Å². The van der Waals surface area contributed by atoms with Gasteiger partial charge in [0.1, 0.15) is 9.21 Å². The second kappa shape index (κ2) is 4.55. The van der Waals surface area contributed by atoms with Gasteiger partial charge >= 0.3 is 0 Å². The van der Waals surface area contributed by atoms with Crippen LogP contribution in [0.3, 0.4) is 0 Å². The minimum atomic E-state index is 0.744. The normalized spacial score (nSPS) is 17.1. The van der Waals surface area contributed by atoms with Crippen molar-refractivity contribution in [3.8, 4) is 0 Å². The van der Waals surface area contributed by atoms with Gasteiger partial charge in [-0.25, -0.2) is 9.97 Å². The molecule has 0 unspecified atom stereocenters. The number of hydrogen-bond donors (Lipinski definition) is 0. The highest BCUT2D eigenvalue weighted by Gasteiger charge is 2.14. The van der Waals surface area contributed by atoms with Crippen molar-refractivity contribution < 1.29 is 4.74 Å². The molecule has 0 bridgehead atoms. The summed E-state index contributed by atoms with van der Waals surface area (Å²) >= 11 is 6.68. The van der Waals surface area contributed by atoms with Crippen molar-refractivity contribution in [1.29, 1.82) is 0 Å². The summed E-state index contributed by atoms with van der Waals surface area (Å²) in [6.07, 6.45) is 0. The molecule has 0 aliphatic carbocycles. The van der Waals surface area contributed by atoms with E-state index in [2.05, 4.69) is 46.7 Å². The van der Waals surface area contributed by atoms with Crippen LogP contribution in [0.15, 0.2) is 15.3 Å². The predicted molar refractivity (Wildman–Crippen MR) is 60.5 cm³/mol. The number of halogens is 2. The van der Waals surface area contributed by atoms with Crippen LogP contribution in [0, 0.1) is 0 Å². The van der Waals surface area contributed by atoms with Crippen LogP contribution in [0.5, 0.6) is 0 Å². The van der Waals surface area contributed by atoms with E-state index in [-0.39, 0.29) is 0 Å². The lowest BCUT2D eigenvalue weighted by Gasteiger charge is -2.26. The zero-order valence-electron chi connectivity index (χ0n) is 7.41. The van der Waals surface area contributed by atoms with Crippen LogP contribution < -0.4 is 4.90 Å². The highest BCUT2D eigenvalue weighted by molar-refractivity contribution is 9.11. The van der Waals surface area contributed by atoms with Crippen LogP contribution in [-0.4, -0.2) is 36.3 Å². The molecule has 0 spiro atoms. The fourth-order valence-corrected chi connectivity index (χ4v) is 2.34. The molecule has 1 aliphatic heterocycles. The Labute approximate surface area is 98.9 Å². The molecule has 6 heteroatoms. The van der Waals surface area contributed by atoms with Gasteiger partial charge in [-0.05, 0) is 31.9 Å². The average Bonchev–Trinajstić information content (AvgIpc) is 2.18.